The highest BCUT2D eigenvalue weighted by molar-refractivity contribution is 5.69. The van der Waals surface area contributed by atoms with Crippen LogP contribution in [0.4, 0.5) is 5.69 Å². The van der Waals surface area contributed by atoms with Gasteiger partial charge >= 0.3 is 5.97 Å². The summed E-state index contributed by atoms with van der Waals surface area (Å²) >= 11 is 0. The van der Waals surface area contributed by atoms with Crippen molar-refractivity contribution in [1.29, 1.82) is 0 Å². The summed E-state index contributed by atoms with van der Waals surface area (Å²) in [6.45, 7) is 4.86. The molecule has 0 saturated carbocycles. The normalized spacial score (nSPS) is 10.9. The van der Waals surface area contributed by atoms with Gasteiger partial charge in [0.15, 0.2) is 0 Å². The molecule has 0 aliphatic carbocycles. The van der Waals surface area contributed by atoms with Gasteiger partial charge in [0.1, 0.15) is 13.2 Å². The van der Waals surface area contributed by atoms with Gasteiger partial charge in [0.05, 0.1) is 17.1 Å². The number of anilines is 1. The Hall–Kier alpha value is -1.56. The van der Waals surface area contributed by atoms with Crippen LogP contribution in [0.3, 0.4) is 0 Å². The molecule has 0 atom stereocenters. The van der Waals surface area contributed by atoms with Gasteiger partial charge < -0.3 is 15.4 Å². The zero-order valence-corrected chi connectivity index (χ0v) is 10.9. The molecule has 1 heterocycles. The minimum atomic E-state index is -0.294. The van der Waals surface area contributed by atoms with Crippen molar-refractivity contribution in [3.8, 4) is 0 Å². The minimum Gasteiger partial charge on any atom is -0.463 e. The fourth-order valence-corrected chi connectivity index (χ4v) is 1.37. The van der Waals surface area contributed by atoms with E-state index in [0.717, 1.165) is 11.4 Å². The molecule has 0 unspecified atom stereocenters. The quantitative estimate of drug-likeness (QED) is 0.744. The number of hydrogen-bond donors (Lipinski definition) is 1. The SMILES string of the molecule is Cc1nn(CC(=O)OCCN(C)C)c(C)c1N. The number of nitrogen functional groups attached to an aromatic ring is 1. The van der Waals surface area contributed by atoms with Crippen LogP contribution in [0.15, 0.2) is 0 Å². The van der Waals surface area contributed by atoms with Gasteiger partial charge in [0.25, 0.3) is 0 Å². The van der Waals surface area contributed by atoms with Crippen molar-refractivity contribution in [2.45, 2.75) is 20.4 Å². The molecule has 0 aliphatic heterocycles. The van der Waals surface area contributed by atoms with E-state index in [1.54, 1.807) is 4.68 Å². The number of carbonyl (C=O) groups excluding carboxylic acids is 1. The first kappa shape index (κ1) is 13.5. The third-order valence-corrected chi connectivity index (χ3v) is 2.52. The second-order valence-electron chi connectivity index (χ2n) is 4.27. The number of nitrogens with two attached hydrogens (primary N) is 1. The average Bonchev–Trinajstić information content (AvgIpc) is 2.46. The van der Waals surface area contributed by atoms with Crippen molar-refractivity contribution in [2.24, 2.45) is 0 Å². The van der Waals surface area contributed by atoms with Gasteiger partial charge in [-0.25, -0.2) is 0 Å². The monoisotopic (exact) mass is 240 g/mol. The Labute approximate surface area is 101 Å². The number of hydrogen-bond acceptors (Lipinski definition) is 5. The van der Waals surface area contributed by atoms with Crippen molar-refractivity contribution < 1.29 is 9.53 Å². The maximum Gasteiger partial charge on any atom is 0.327 e. The molecule has 1 rings (SSSR count). The van der Waals surface area contributed by atoms with E-state index in [-0.39, 0.29) is 12.5 Å². The molecule has 0 bridgehead atoms. The first-order valence-electron chi connectivity index (χ1n) is 5.51. The molecular weight excluding hydrogens is 220 g/mol. The number of aromatic nitrogens is 2. The lowest BCUT2D eigenvalue weighted by Crippen LogP contribution is -2.22. The molecule has 2 N–H and O–H groups in total. The summed E-state index contributed by atoms with van der Waals surface area (Å²) in [6.07, 6.45) is 0. The van der Waals surface area contributed by atoms with E-state index < -0.39 is 0 Å². The van der Waals surface area contributed by atoms with Crippen LogP contribution in [0, 0.1) is 13.8 Å². The van der Waals surface area contributed by atoms with Crippen molar-refractivity contribution in [3.63, 3.8) is 0 Å². The van der Waals surface area contributed by atoms with Crippen molar-refractivity contribution >= 4 is 11.7 Å². The van der Waals surface area contributed by atoms with Gasteiger partial charge in [-0.1, -0.05) is 0 Å². The molecule has 17 heavy (non-hydrogen) atoms. The smallest absolute Gasteiger partial charge is 0.327 e. The lowest BCUT2D eigenvalue weighted by Gasteiger charge is -2.10. The van der Waals surface area contributed by atoms with Crippen LogP contribution >= 0.6 is 0 Å². The van der Waals surface area contributed by atoms with Gasteiger partial charge in [-0.2, -0.15) is 5.10 Å². The fourth-order valence-electron chi connectivity index (χ4n) is 1.37. The molecule has 0 fully saturated rings. The Morgan fingerprint density at radius 2 is 2.12 bits per heavy atom. The number of carbonyl (C=O) groups is 1. The van der Waals surface area contributed by atoms with Gasteiger partial charge in [-0.05, 0) is 27.9 Å². The van der Waals surface area contributed by atoms with Gasteiger partial charge in [0, 0.05) is 6.54 Å². The summed E-state index contributed by atoms with van der Waals surface area (Å²) in [5, 5.41) is 4.17. The molecule has 0 aliphatic rings. The highest BCUT2D eigenvalue weighted by Crippen LogP contribution is 2.14. The van der Waals surface area contributed by atoms with E-state index in [1.807, 2.05) is 32.8 Å². The predicted octanol–water partition coefficient (Wildman–Crippen LogP) is 0.187. The van der Waals surface area contributed by atoms with E-state index in [2.05, 4.69) is 5.10 Å². The third kappa shape index (κ3) is 3.74. The first-order chi connectivity index (χ1) is 7.91. The molecule has 0 aromatic carbocycles. The van der Waals surface area contributed by atoms with Crippen molar-refractivity contribution in [1.82, 2.24) is 14.7 Å². The first-order valence-corrected chi connectivity index (χ1v) is 5.51. The zero-order valence-electron chi connectivity index (χ0n) is 10.9. The summed E-state index contributed by atoms with van der Waals surface area (Å²) in [6, 6.07) is 0. The van der Waals surface area contributed by atoms with Crippen LogP contribution in [-0.2, 0) is 16.1 Å². The van der Waals surface area contributed by atoms with Crippen LogP contribution < -0.4 is 5.73 Å². The second kappa shape index (κ2) is 5.67. The molecule has 0 radical (unpaired) electrons. The highest BCUT2D eigenvalue weighted by Gasteiger charge is 2.12. The number of ether oxygens (including phenoxy) is 1. The number of likely N-dealkylation sites (N-methyl/N-ethyl adjacent to an activating group) is 1. The highest BCUT2D eigenvalue weighted by atomic mass is 16.5. The second-order valence-corrected chi connectivity index (χ2v) is 4.27. The van der Waals surface area contributed by atoms with Crippen LogP contribution in [0.25, 0.3) is 0 Å². The van der Waals surface area contributed by atoms with E-state index in [1.165, 1.54) is 0 Å². The summed E-state index contributed by atoms with van der Waals surface area (Å²) in [5.41, 5.74) is 7.94. The molecule has 0 amide bonds. The number of nitrogens with zero attached hydrogens (tertiary/aromatic N) is 3. The maximum atomic E-state index is 11.5. The van der Waals surface area contributed by atoms with Gasteiger partial charge in [-0.3, -0.25) is 9.48 Å². The molecule has 0 saturated heterocycles. The molecule has 6 heteroatoms. The van der Waals surface area contributed by atoms with Gasteiger partial charge in [0.2, 0.25) is 0 Å². The summed E-state index contributed by atoms with van der Waals surface area (Å²) in [4.78, 5) is 13.5. The van der Waals surface area contributed by atoms with Gasteiger partial charge in [-0.15, -0.1) is 0 Å². The summed E-state index contributed by atoms with van der Waals surface area (Å²) in [5.74, 6) is -0.294. The van der Waals surface area contributed by atoms with E-state index in [9.17, 15) is 4.79 Å². The zero-order chi connectivity index (χ0) is 13.0. The Bertz CT molecular complexity index is 398. The molecular formula is C11H20N4O2. The number of rotatable bonds is 5. The van der Waals surface area contributed by atoms with Crippen LogP contribution in [-0.4, -0.2) is 47.9 Å². The Kier molecular flexibility index (Phi) is 4.51. The Morgan fingerprint density at radius 3 is 2.59 bits per heavy atom. The third-order valence-electron chi connectivity index (χ3n) is 2.52. The molecule has 96 valence electrons. The molecule has 1 aromatic rings. The maximum absolute atomic E-state index is 11.5. The molecule has 0 spiro atoms. The van der Waals surface area contributed by atoms with Crippen LogP contribution in [0.5, 0.6) is 0 Å². The Morgan fingerprint density at radius 1 is 1.47 bits per heavy atom. The van der Waals surface area contributed by atoms with Crippen molar-refractivity contribution in [3.05, 3.63) is 11.4 Å². The summed E-state index contributed by atoms with van der Waals surface area (Å²) in [7, 11) is 3.85. The Balaban J connectivity index is 2.48. The number of esters is 1. The number of aryl methyl sites for hydroxylation is 1. The topological polar surface area (TPSA) is 73.4 Å². The van der Waals surface area contributed by atoms with Crippen molar-refractivity contribution in [2.75, 3.05) is 33.0 Å². The van der Waals surface area contributed by atoms with E-state index >= 15 is 0 Å². The standard InChI is InChI=1S/C11H20N4O2/c1-8-11(12)9(2)15(13-8)7-10(16)17-6-5-14(3)4/h5-7,12H2,1-4H3. The predicted molar refractivity (Wildman–Crippen MR) is 65.6 cm³/mol. The van der Waals surface area contributed by atoms with Crippen LogP contribution in [0.1, 0.15) is 11.4 Å². The fraction of sp³-hybridized carbons (Fsp3) is 0.636. The van der Waals surface area contributed by atoms with E-state index in [0.29, 0.717) is 18.8 Å². The largest absolute Gasteiger partial charge is 0.463 e. The minimum absolute atomic E-state index is 0.108. The van der Waals surface area contributed by atoms with E-state index in [4.69, 9.17) is 10.5 Å². The lowest BCUT2D eigenvalue weighted by molar-refractivity contribution is -0.144. The van der Waals surface area contributed by atoms with Crippen LogP contribution in [0.2, 0.25) is 0 Å². The lowest BCUT2D eigenvalue weighted by atomic mass is 10.3. The molecule has 1 aromatic heterocycles. The summed E-state index contributed by atoms with van der Waals surface area (Å²) < 4.78 is 6.65. The average molecular weight is 240 g/mol. The molecule has 6 nitrogen and oxygen atoms in total.